The van der Waals surface area contributed by atoms with Gasteiger partial charge in [0.2, 0.25) is 0 Å². The predicted octanol–water partition coefficient (Wildman–Crippen LogP) is 6.52. The first-order valence-corrected chi connectivity index (χ1v) is 14.7. The maximum atomic E-state index is 15.1. The van der Waals surface area contributed by atoms with Gasteiger partial charge in [-0.05, 0) is 62.1 Å². The smallest absolute Gasteiger partial charge is 0.327 e. The van der Waals surface area contributed by atoms with E-state index in [1.54, 1.807) is 25.5 Å². The molecule has 6 nitrogen and oxygen atoms in total. The molecule has 1 saturated heterocycles. The van der Waals surface area contributed by atoms with E-state index < -0.39 is 11.2 Å². The van der Waals surface area contributed by atoms with E-state index in [9.17, 15) is 9.90 Å². The summed E-state index contributed by atoms with van der Waals surface area (Å²) in [5.41, 5.74) is 3.12. The van der Waals surface area contributed by atoms with Gasteiger partial charge in [0.25, 0.3) is 0 Å². The molecule has 8 heteroatoms. The Balaban J connectivity index is 1.68. The van der Waals surface area contributed by atoms with Gasteiger partial charge in [-0.2, -0.15) is 0 Å². The lowest BCUT2D eigenvalue weighted by molar-refractivity contribution is 0.128. The average Bonchev–Trinajstić information content (AvgIpc) is 3.23. The Labute approximate surface area is 248 Å². The number of allylic oxidation sites excluding steroid dienone is 4. The first kappa shape index (κ1) is 30.7. The summed E-state index contributed by atoms with van der Waals surface area (Å²) < 4.78 is 18.2. The molecule has 1 fully saturated rings. The number of phenols is 1. The number of halogens is 2. The van der Waals surface area contributed by atoms with Gasteiger partial charge in [-0.3, -0.25) is 9.47 Å². The molecule has 0 unspecified atom stereocenters. The second kappa shape index (κ2) is 12.7. The van der Waals surface area contributed by atoms with E-state index in [0.29, 0.717) is 16.7 Å². The molecule has 4 rings (SSSR count). The van der Waals surface area contributed by atoms with Gasteiger partial charge < -0.3 is 14.6 Å². The number of benzene rings is 2. The SMILES string of the molecule is CC(C)/C=C/C(=C\[C@H](Cl)Cn1ccn(C)c1=O)c1cc(F)cc(-c2cccc(N3CCN(C(C)(C)C)CC3)c2)c1O. The van der Waals surface area contributed by atoms with Crippen molar-refractivity contribution >= 4 is 22.9 Å². The Morgan fingerprint density at radius 1 is 1.10 bits per heavy atom. The molecule has 41 heavy (non-hydrogen) atoms. The summed E-state index contributed by atoms with van der Waals surface area (Å²) in [5.74, 6) is -0.234. The summed E-state index contributed by atoms with van der Waals surface area (Å²) >= 11 is 6.69. The Kier molecular flexibility index (Phi) is 9.50. The van der Waals surface area contributed by atoms with Crippen LogP contribution in [0.5, 0.6) is 5.75 Å². The highest BCUT2D eigenvalue weighted by molar-refractivity contribution is 6.22. The number of anilines is 1. The zero-order chi connectivity index (χ0) is 29.9. The molecule has 0 spiro atoms. The number of aromatic hydroxyl groups is 1. The molecule has 3 aromatic rings. The summed E-state index contributed by atoms with van der Waals surface area (Å²) in [7, 11) is 1.68. The van der Waals surface area contributed by atoms with Crippen LogP contribution < -0.4 is 10.6 Å². The fourth-order valence-corrected chi connectivity index (χ4v) is 5.45. The van der Waals surface area contributed by atoms with Crippen LogP contribution >= 0.6 is 11.6 Å². The molecule has 1 aliphatic rings. The number of aromatic nitrogens is 2. The van der Waals surface area contributed by atoms with Crippen molar-refractivity contribution in [1.82, 2.24) is 14.0 Å². The normalized spacial score (nSPS) is 16.2. The van der Waals surface area contributed by atoms with E-state index in [1.165, 1.54) is 21.3 Å². The third kappa shape index (κ3) is 7.52. The van der Waals surface area contributed by atoms with Crippen molar-refractivity contribution in [2.75, 3.05) is 31.1 Å². The number of hydrogen-bond donors (Lipinski definition) is 1. The molecule has 1 N–H and O–H groups in total. The average molecular weight is 581 g/mol. The Bertz CT molecular complexity index is 1470. The molecule has 1 aliphatic heterocycles. The second-order valence-corrected chi connectivity index (χ2v) is 12.7. The number of nitrogens with zero attached hydrogens (tertiary/aromatic N) is 4. The van der Waals surface area contributed by atoms with Crippen LogP contribution in [-0.4, -0.2) is 56.2 Å². The van der Waals surface area contributed by atoms with Crippen LogP contribution in [0.15, 0.2) is 71.8 Å². The highest BCUT2D eigenvalue weighted by Gasteiger charge is 2.26. The van der Waals surface area contributed by atoms with Crippen molar-refractivity contribution < 1.29 is 9.50 Å². The summed E-state index contributed by atoms with van der Waals surface area (Å²) in [6.45, 7) is 14.8. The predicted molar refractivity (Wildman–Crippen MR) is 168 cm³/mol. The van der Waals surface area contributed by atoms with Gasteiger partial charge in [0.1, 0.15) is 11.6 Å². The van der Waals surface area contributed by atoms with Crippen LogP contribution in [0.25, 0.3) is 16.7 Å². The van der Waals surface area contributed by atoms with Crippen molar-refractivity contribution in [2.45, 2.75) is 52.1 Å². The molecule has 0 amide bonds. The molecule has 0 bridgehead atoms. The monoisotopic (exact) mass is 580 g/mol. The van der Waals surface area contributed by atoms with E-state index in [0.717, 1.165) is 37.4 Å². The van der Waals surface area contributed by atoms with Crippen molar-refractivity contribution in [2.24, 2.45) is 13.0 Å². The maximum Gasteiger partial charge on any atom is 0.327 e. The van der Waals surface area contributed by atoms with Gasteiger partial charge in [0, 0.05) is 74.5 Å². The van der Waals surface area contributed by atoms with Crippen LogP contribution in [0, 0.1) is 11.7 Å². The number of phenolic OH excluding ortho intramolecular Hbond substituents is 1. The van der Waals surface area contributed by atoms with Crippen LogP contribution in [0.2, 0.25) is 0 Å². The summed E-state index contributed by atoms with van der Waals surface area (Å²) in [6, 6.07) is 10.6. The fourth-order valence-electron chi connectivity index (χ4n) is 5.16. The lowest BCUT2D eigenvalue weighted by atomic mass is 9.95. The molecule has 220 valence electrons. The highest BCUT2D eigenvalue weighted by atomic mass is 35.5. The number of piperazine rings is 1. The lowest BCUT2D eigenvalue weighted by Gasteiger charge is -2.43. The topological polar surface area (TPSA) is 53.6 Å². The van der Waals surface area contributed by atoms with E-state index in [2.05, 4.69) is 36.6 Å². The van der Waals surface area contributed by atoms with Crippen LogP contribution in [-0.2, 0) is 13.6 Å². The first-order valence-electron chi connectivity index (χ1n) is 14.2. The van der Waals surface area contributed by atoms with Gasteiger partial charge in [0.15, 0.2) is 0 Å². The molecule has 1 aromatic heterocycles. The Hall–Kier alpha value is -3.29. The number of hydrogen-bond acceptors (Lipinski definition) is 4. The maximum absolute atomic E-state index is 15.1. The number of aryl methyl sites for hydroxylation is 1. The molecule has 0 aliphatic carbocycles. The minimum absolute atomic E-state index is 0.0125. The first-order chi connectivity index (χ1) is 19.3. The lowest BCUT2D eigenvalue weighted by Crippen LogP contribution is -2.53. The van der Waals surface area contributed by atoms with Crippen LogP contribution in [0.3, 0.4) is 0 Å². The fraction of sp³-hybridized carbons (Fsp3) is 0.424. The molecule has 0 saturated carbocycles. The largest absolute Gasteiger partial charge is 0.507 e. The molecule has 1 atom stereocenters. The molecule has 0 radical (unpaired) electrons. The van der Waals surface area contributed by atoms with Crippen LogP contribution in [0.4, 0.5) is 10.1 Å². The van der Waals surface area contributed by atoms with Gasteiger partial charge in [-0.15, -0.1) is 11.6 Å². The molecular weight excluding hydrogens is 539 g/mol. The Morgan fingerprint density at radius 3 is 2.41 bits per heavy atom. The van der Waals surface area contributed by atoms with Gasteiger partial charge >= 0.3 is 5.69 Å². The zero-order valence-corrected chi connectivity index (χ0v) is 25.7. The van der Waals surface area contributed by atoms with Gasteiger partial charge in [-0.1, -0.05) is 44.2 Å². The summed E-state index contributed by atoms with van der Waals surface area (Å²) in [6.07, 6.45) is 8.97. The quantitative estimate of drug-likeness (QED) is 0.243. The third-order valence-electron chi connectivity index (χ3n) is 7.55. The standard InChI is InChI=1S/C33H42ClFN4O2/c1-23(2)10-11-25(18-26(34)22-38-13-12-36(6)32(38)41)30-21-27(35)20-29(31(30)40)24-8-7-9-28(19-24)37-14-16-39(17-15-37)33(3,4)5/h7-13,18-21,23,26,40H,14-17,22H2,1-6H3/b11-10+,25-18+/t26-/m0/s1. The summed E-state index contributed by atoms with van der Waals surface area (Å²) in [5, 5.41) is 10.9. The number of rotatable bonds is 8. The minimum Gasteiger partial charge on any atom is -0.507 e. The van der Waals surface area contributed by atoms with Crippen LogP contribution in [0.1, 0.15) is 40.2 Å². The summed E-state index contributed by atoms with van der Waals surface area (Å²) in [4.78, 5) is 17.1. The van der Waals surface area contributed by atoms with Gasteiger partial charge in [0.05, 0.1) is 5.38 Å². The van der Waals surface area contributed by atoms with E-state index in [-0.39, 0.29) is 29.4 Å². The molecule has 2 heterocycles. The molecule has 2 aromatic carbocycles. The second-order valence-electron chi connectivity index (χ2n) is 12.1. The zero-order valence-electron chi connectivity index (χ0n) is 24.9. The van der Waals surface area contributed by atoms with Crippen molar-refractivity contribution in [3.8, 4) is 16.9 Å². The molecular formula is C33H42ClFN4O2. The van der Waals surface area contributed by atoms with Crippen molar-refractivity contribution in [1.29, 1.82) is 0 Å². The van der Waals surface area contributed by atoms with Gasteiger partial charge in [-0.25, -0.2) is 9.18 Å². The van der Waals surface area contributed by atoms with E-state index in [1.807, 2.05) is 44.2 Å². The van der Waals surface area contributed by atoms with Crippen molar-refractivity contribution in [3.63, 3.8) is 0 Å². The minimum atomic E-state index is -0.567. The highest BCUT2D eigenvalue weighted by Crippen LogP contribution is 2.39. The number of imidazole rings is 1. The van der Waals surface area contributed by atoms with E-state index in [4.69, 9.17) is 11.6 Å². The van der Waals surface area contributed by atoms with Crippen molar-refractivity contribution in [3.05, 3.63) is 88.9 Å². The third-order valence-corrected chi connectivity index (χ3v) is 7.81. The Morgan fingerprint density at radius 2 is 1.80 bits per heavy atom. The van der Waals surface area contributed by atoms with E-state index >= 15 is 4.39 Å². The number of alkyl halides is 1.